The van der Waals surface area contributed by atoms with E-state index in [2.05, 4.69) is 0 Å². The average molecular weight is 253 g/mol. The van der Waals surface area contributed by atoms with Gasteiger partial charge in [0, 0.05) is 25.7 Å². The van der Waals surface area contributed by atoms with Gasteiger partial charge in [0.15, 0.2) is 11.5 Å². The van der Waals surface area contributed by atoms with E-state index in [0.717, 1.165) is 36.7 Å². The Bertz CT molecular complexity index is 353. The minimum Gasteiger partial charge on any atom is -0.493 e. The molecule has 1 atom stereocenters. The van der Waals surface area contributed by atoms with E-state index in [1.54, 1.807) is 7.11 Å². The lowest BCUT2D eigenvalue weighted by atomic mass is 10.1. The molecule has 0 saturated carbocycles. The Morgan fingerprint density at radius 2 is 2.00 bits per heavy atom. The SMILES string of the molecule is CCOCCCOc1ccc([C@H](C)N)cc1OC. The molecule has 0 heterocycles. The van der Waals surface area contributed by atoms with E-state index in [1.165, 1.54) is 0 Å². The Morgan fingerprint density at radius 3 is 2.61 bits per heavy atom. The first-order valence-electron chi connectivity index (χ1n) is 6.33. The van der Waals surface area contributed by atoms with Crippen LogP contribution in [0.4, 0.5) is 0 Å². The van der Waals surface area contributed by atoms with E-state index in [4.69, 9.17) is 19.9 Å². The quantitative estimate of drug-likeness (QED) is 0.723. The molecule has 1 aromatic rings. The number of ether oxygens (including phenoxy) is 3. The zero-order chi connectivity index (χ0) is 13.4. The maximum absolute atomic E-state index is 5.83. The summed E-state index contributed by atoms with van der Waals surface area (Å²) in [5.74, 6) is 1.47. The standard InChI is InChI=1S/C14H23NO3/c1-4-17-8-5-9-18-13-7-6-12(11(2)15)10-14(13)16-3/h6-7,10-11H,4-5,8-9,15H2,1-3H3/t11-/m0/s1. The first-order chi connectivity index (χ1) is 8.69. The molecule has 0 aliphatic heterocycles. The molecule has 0 unspecified atom stereocenters. The van der Waals surface area contributed by atoms with Gasteiger partial charge in [0.05, 0.1) is 13.7 Å². The van der Waals surface area contributed by atoms with Crippen LogP contribution in [0.15, 0.2) is 18.2 Å². The Hall–Kier alpha value is -1.26. The zero-order valence-electron chi connectivity index (χ0n) is 11.4. The van der Waals surface area contributed by atoms with Gasteiger partial charge in [-0.05, 0) is 31.5 Å². The molecule has 1 aromatic carbocycles. The second kappa shape index (κ2) is 7.95. The van der Waals surface area contributed by atoms with Crippen LogP contribution < -0.4 is 15.2 Å². The molecule has 0 aliphatic rings. The highest BCUT2D eigenvalue weighted by atomic mass is 16.5. The number of hydrogen-bond acceptors (Lipinski definition) is 4. The molecule has 0 radical (unpaired) electrons. The summed E-state index contributed by atoms with van der Waals surface area (Å²) in [5, 5.41) is 0. The van der Waals surface area contributed by atoms with Gasteiger partial charge in [-0.2, -0.15) is 0 Å². The summed E-state index contributed by atoms with van der Waals surface area (Å²) >= 11 is 0. The molecular formula is C14H23NO3. The smallest absolute Gasteiger partial charge is 0.161 e. The highest BCUT2D eigenvalue weighted by molar-refractivity contribution is 5.43. The number of methoxy groups -OCH3 is 1. The van der Waals surface area contributed by atoms with E-state index in [9.17, 15) is 0 Å². The molecule has 0 spiro atoms. The first-order valence-corrected chi connectivity index (χ1v) is 6.33. The predicted octanol–water partition coefficient (Wildman–Crippen LogP) is 2.52. The molecule has 2 N–H and O–H groups in total. The van der Waals surface area contributed by atoms with Gasteiger partial charge in [0.1, 0.15) is 0 Å². The van der Waals surface area contributed by atoms with Crippen molar-refractivity contribution in [2.24, 2.45) is 5.73 Å². The molecule has 0 amide bonds. The van der Waals surface area contributed by atoms with Crippen LogP contribution in [0.2, 0.25) is 0 Å². The molecule has 0 saturated heterocycles. The normalized spacial score (nSPS) is 12.2. The molecule has 0 aliphatic carbocycles. The third-order valence-corrected chi connectivity index (χ3v) is 2.61. The molecule has 102 valence electrons. The molecule has 4 heteroatoms. The lowest BCUT2D eigenvalue weighted by Crippen LogP contribution is -2.07. The van der Waals surface area contributed by atoms with Crippen LogP contribution in [0.25, 0.3) is 0 Å². The Labute approximate surface area is 109 Å². The number of nitrogens with two attached hydrogens (primary N) is 1. The second-order valence-corrected chi connectivity index (χ2v) is 4.10. The number of benzene rings is 1. The van der Waals surface area contributed by atoms with Crippen molar-refractivity contribution in [3.05, 3.63) is 23.8 Å². The van der Waals surface area contributed by atoms with Crippen LogP contribution in [0.1, 0.15) is 31.9 Å². The lowest BCUT2D eigenvalue weighted by molar-refractivity contribution is 0.130. The molecule has 0 bridgehead atoms. The monoisotopic (exact) mass is 253 g/mol. The topological polar surface area (TPSA) is 53.7 Å². The van der Waals surface area contributed by atoms with E-state index >= 15 is 0 Å². The van der Waals surface area contributed by atoms with Crippen LogP contribution in [-0.4, -0.2) is 26.9 Å². The van der Waals surface area contributed by atoms with Gasteiger partial charge in [-0.25, -0.2) is 0 Å². The van der Waals surface area contributed by atoms with Crippen molar-refractivity contribution in [3.8, 4) is 11.5 Å². The van der Waals surface area contributed by atoms with Gasteiger partial charge in [-0.3, -0.25) is 0 Å². The second-order valence-electron chi connectivity index (χ2n) is 4.10. The van der Waals surface area contributed by atoms with E-state index in [1.807, 2.05) is 32.0 Å². The third-order valence-electron chi connectivity index (χ3n) is 2.61. The van der Waals surface area contributed by atoms with Crippen molar-refractivity contribution in [1.29, 1.82) is 0 Å². The average Bonchev–Trinajstić information content (AvgIpc) is 2.38. The minimum absolute atomic E-state index is 0.00842. The zero-order valence-corrected chi connectivity index (χ0v) is 11.4. The molecule has 18 heavy (non-hydrogen) atoms. The molecule has 0 aromatic heterocycles. The summed E-state index contributed by atoms with van der Waals surface area (Å²) in [6, 6.07) is 5.78. The van der Waals surface area contributed by atoms with Crippen molar-refractivity contribution in [2.75, 3.05) is 26.9 Å². The number of hydrogen-bond donors (Lipinski definition) is 1. The van der Waals surface area contributed by atoms with Crippen molar-refractivity contribution in [1.82, 2.24) is 0 Å². The van der Waals surface area contributed by atoms with Gasteiger partial charge in [-0.1, -0.05) is 6.07 Å². The van der Waals surface area contributed by atoms with E-state index in [0.29, 0.717) is 6.61 Å². The van der Waals surface area contributed by atoms with Crippen LogP contribution >= 0.6 is 0 Å². The Kier molecular flexibility index (Phi) is 6.54. The summed E-state index contributed by atoms with van der Waals surface area (Å²) < 4.78 is 16.2. The van der Waals surface area contributed by atoms with E-state index < -0.39 is 0 Å². The molecule has 1 rings (SSSR count). The van der Waals surface area contributed by atoms with Gasteiger partial charge < -0.3 is 19.9 Å². The Balaban J connectivity index is 2.54. The van der Waals surface area contributed by atoms with Crippen LogP contribution in [0, 0.1) is 0 Å². The van der Waals surface area contributed by atoms with Crippen molar-refractivity contribution in [3.63, 3.8) is 0 Å². The molecular weight excluding hydrogens is 230 g/mol. The summed E-state index contributed by atoms with van der Waals surface area (Å²) in [4.78, 5) is 0. The maximum Gasteiger partial charge on any atom is 0.161 e. The molecule has 0 fully saturated rings. The van der Waals surface area contributed by atoms with Crippen molar-refractivity contribution in [2.45, 2.75) is 26.3 Å². The molecule has 4 nitrogen and oxygen atoms in total. The largest absolute Gasteiger partial charge is 0.493 e. The maximum atomic E-state index is 5.83. The van der Waals surface area contributed by atoms with Gasteiger partial charge in [0.2, 0.25) is 0 Å². The highest BCUT2D eigenvalue weighted by Gasteiger charge is 2.07. The van der Waals surface area contributed by atoms with Crippen molar-refractivity contribution >= 4 is 0 Å². The predicted molar refractivity (Wildman–Crippen MR) is 72.2 cm³/mol. The number of rotatable bonds is 8. The fourth-order valence-electron chi connectivity index (χ4n) is 1.57. The van der Waals surface area contributed by atoms with Crippen LogP contribution in [-0.2, 0) is 4.74 Å². The van der Waals surface area contributed by atoms with Gasteiger partial charge in [-0.15, -0.1) is 0 Å². The van der Waals surface area contributed by atoms with Crippen LogP contribution in [0.3, 0.4) is 0 Å². The van der Waals surface area contributed by atoms with E-state index in [-0.39, 0.29) is 6.04 Å². The first kappa shape index (κ1) is 14.8. The highest BCUT2D eigenvalue weighted by Crippen LogP contribution is 2.29. The van der Waals surface area contributed by atoms with Gasteiger partial charge in [0.25, 0.3) is 0 Å². The Morgan fingerprint density at radius 1 is 1.22 bits per heavy atom. The fraction of sp³-hybridized carbons (Fsp3) is 0.571. The van der Waals surface area contributed by atoms with Crippen LogP contribution in [0.5, 0.6) is 11.5 Å². The van der Waals surface area contributed by atoms with Crippen molar-refractivity contribution < 1.29 is 14.2 Å². The fourth-order valence-corrected chi connectivity index (χ4v) is 1.57. The summed E-state index contributed by atoms with van der Waals surface area (Å²) in [7, 11) is 1.63. The lowest BCUT2D eigenvalue weighted by Gasteiger charge is -2.13. The summed E-state index contributed by atoms with van der Waals surface area (Å²) in [6.45, 7) is 6.00. The third kappa shape index (κ3) is 4.55. The van der Waals surface area contributed by atoms with Gasteiger partial charge >= 0.3 is 0 Å². The summed E-state index contributed by atoms with van der Waals surface area (Å²) in [6.07, 6.45) is 0.867. The summed E-state index contributed by atoms with van der Waals surface area (Å²) in [5.41, 5.74) is 6.87. The minimum atomic E-state index is -0.00842.